The third-order valence-electron chi connectivity index (χ3n) is 4.49. The van der Waals surface area contributed by atoms with Gasteiger partial charge < -0.3 is 14.7 Å². The highest BCUT2D eigenvalue weighted by Gasteiger charge is 2.22. The first kappa shape index (κ1) is 17.9. The van der Waals surface area contributed by atoms with E-state index in [2.05, 4.69) is 19.8 Å². The molecular formula is C18H23N5O3. The number of amides is 1. The van der Waals surface area contributed by atoms with Crippen LogP contribution in [-0.4, -0.2) is 72.4 Å². The zero-order valence-corrected chi connectivity index (χ0v) is 14.8. The van der Waals surface area contributed by atoms with Crippen molar-refractivity contribution in [3.8, 4) is 5.75 Å². The Hall–Kier alpha value is -2.87. The zero-order valence-electron chi connectivity index (χ0n) is 14.8. The highest BCUT2D eigenvalue weighted by molar-refractivity contribution is 5.88. The number of carbonyl (C=O) groups is 1. The van der Waals surface area contributed by atoms with Gasteiger partial charge >= 0.3 is 6.09 Å². The summed E-state index contributed by atoms with van der Waals surface area (Å²) in [5, 5.41) is 9.60. The predicted molar refractivity (Wildman–Crippen MR) is 99.0 cm³/mol. The monoisotopic (exact) mass is 357 g/mol. The van der Waals surface area contributed by atoms with Gasteiger partial charge in [-0.05, 0) is 12.1 Å². The summed E-state index contributed by atoms with van der Waals surface area (Å²) in [6.45, 7) is 4.46. The Morgan fingerprint density at radius 1 is 1.23 bits per heavy atom. The van der Waals surface area contributed by atoms with Crippen molar-refractivity contribution in [3.05, 3.63) is 42.9 Å². The Balaban J connectivity index is 1.57. The number of hydrogen-bond donors (Lipinski definition) is 1. The second-order valence-corrected chi connectivity index (χ2v) is 6.00. The number of piperazine rings is 1. The topological polar surface area (TPSA) is 82.0 Å². The largest absolute Gasteiger partial charge is 0.495 e. The Kier molecular flexibility index (Phi) is 5.85. The molecule has 1 aliphatic heterocycles. The van der Waals surface area contributed by atoms with Gasteiger partial charge in [-0.25, -0.2) is 9.78 Å². The molecule has 1 aliphatic rings. The fourth-order valence-corrected chi connectivity index (χ4v) is 3.07. The number of aromatic nitrogens is 2. The minimum absolute atomic E-state index is 0.390. The van der Waals surface area contributed by atoms with Crippen LogP contribution in [0.15, 0.2) is 42.9 Å². The lowest BCUT2D eigenvalue weighted by molar-refractivity contribution is 0.198. The summed E-state index contributed by atoms with van der Waals surface area (Å²) in [6.07, 6.45) is 4.15. The van der Waals surface area contributed by atoms with Crippen molar-refractivity contribution in [1.82, 2.24) is 14.9 Å². The molecule has 3 rings (SSSR count). The Morgan fingerprint density at radius 3 is 2.65 bits per heavy atom. The summed E-state index contributed by atoms with van der Waals surface area (Å²) in [6, 6.07) is 7.17. The van der Waals surface area contributed by atoms with E-state index in [0.717, 1.165) is 32.0 Å². The number of ether oxygens (including phenoxy) is 1. The van der Waals surface area contributed by atoms with Crippen LogP contribution < -0.4 is 14.5 Å². The smallest absolute Gasteiger partial charge is 0.411 e. The molecule has 0 bridgehead atoms. The fourth-order valence-electron chi connectivity index (χ4n) is 3.07. The lowest BCUT2D eigenvalue weighted by Crippen LogP contribution is -2.49. The maximum absolute atomic E-state index is 11.7. The van der Waals surface area contributed by atoms with Gasteiger partial charge in [-0.1, -0.05) is 12.1 Å². The molecule has 1 fully saturated rings. The van der Waals surface area contributed by atoms with Gasteiger partial charge in [0.25, 0.3) is 0 Å². The summed E-state index contributed by atoms with van der Waals surface area (Å²) in [5.41, 5.74) is 0.570. The van der Waals surface area contributed by atoms with Crippen molar-refractivity contribution in [2.24, 2.45) is 0 Å². The van der Waals surface area contributed by atoms with Gasteiger partial charge in [0, 0.05) is 51.7 Å². The van der Waals surface area contributed by atoms with Crippen molar-refractivity contribution in [3.63, 3.8) is 0 Å². The van der Waals surface area contributed by atoms with Crippen LogP contribution in [0, 0.1) is 0 Å². The van der Waals surface area contributed by atoms with E-state index in [1.165, 1.54) is 4.90 Å². The average molecular weight is 357 g/mol. The Morgan fingerprint density at radius 2 is 2.00 bits per heavy atom. The van der Waals surface area contributed by atoms with Crippen molar-refractivity contribution in [2.75, 3.05) is 56.2 Å². The molecule has 138 valence electrons. The van der Waals surface area contributed by atoms with Gasteiger partial charge in [0.2, 0.25) is 0 Å². The van der Waals surface area contributed by atoms with Crippen LogP contribution in [0.25, 0.3) is 0 Å². The van der Waals surface area contributed by atoms with Crippen molar-refractivity contribution in [1.29, 1.82) is 0 Å². The van der Waals surface area contributed by atoms with E-state index in [9.17, 15) is 9.90 Å². The maximum Gasteiger partial charge on any atom is 0.411 e. The number of methoxy groups -OCH3 is 1. The van der Waals surface area contributed by atoms with E-state index in [1.54, 1.807) is 37.8 Å². The lowest BCUT2D eigenvalue weighted by Gasteiger charge is -2.36. The van der Waals surface area contributed by atoms with E-state index in [0.29, 0.717) is 24.5 Å². The molecule has 2 heterocycles. The van der Waals surface area contributed by atoms with Crippen molar-refractivity contribution >= 4 is 17.6 Å². The summed E-state index contributed by atoms with van der Waals surface area (Å²) >= 11 is 0. The van der Waals surface area contributed by atoms with Gasteiger partial charge in [-0.2, -0.15) is 0 Å². The van der Waals surface area contributed by atoms with Gasteiger partial charge in [-0.3, -0.25) is 14.8 Å². The van der Waals surface area contributed by atoms with Crippen molar-refractivity contribution in [2.45, 2.75) is 0 Å². The second-order valence-electron chi connectivity index (χ2n) is 6.00. The van der Waals surface area contributed by atoms with E-state index < -0.39 is 6.09 Å². The molecule has 0 spiro atoms. The molecule has 0 radical (unpaired) electrons. The fraction of sp³-hybridized carbons (Fsp3) is 0.389. The Labute approximate surface area is 152 Å². The molecule has 8 heteroatoms. The van der Waals surface area contributed by atoms with Crippen LogP contribution in [0.4, 0.5) is 16.3 Å². The summed E-state index contributed by atoms with van der Waals surface area (Å²) < 4.78 is 5.29. The van der Waals surface area contributed by atoms with E-state index >= 15 is 0 Å². The van der Waals surface area contributed by atoms with Crippen LogP contribution in [0.1, 0.15) is 0 Å². The normalized spacial score (nSPS) is 14.9. The molecule has 1 saturated heterocycles. The maximum atomic E-state index is 11.7. The molecule has 1 aromatic heterocycles. The summed E-state index contributed by atoms with van der Waals surface area (Å²) in [4.78, 5) is 25.9. The van der Waals surface area contributed by atoms with E-state index in [1.807, 2.05) is 12.1 Å². The number of anilines is 2. The molecule has 0 saturated carbocycles. The van der Waals surface area contributed by atoms with Crippen LogP contribution in [0.3, 0.4) is 0 Å². The number of rotatable bonds is 6. The van der Waals surface area contributed by atoms with Crippen LogP contribution in [0.5, 0.6) is 5.75 Å². The molecule has 2 aromatic rings. The second kappa shape index (κ2) is 8.48. The van der Waals surface area contributed by atoms with Gasteiger partial charge in [-0.15, -0.1) is 0 Å². The van der Waals surface area contributed by atoms with Crippen LogP contribution in [0.2, 0.25) is 0 Å². The molecule has 0 unspecified atom stereocenters. The molecule has 0 aliphatic carbocycles. The van der Waals surface area contributed by atoms with E-state index in [4.69, 9.17) is 4.74 Å². The number of benzene rings is 1. The van der Waals surface area contributed by atoms with Crippen LogP contribution >= 0.6 is 0 Å². The van der Waals surface area contributed by atoms with Gasteiger partial charge in [0.15, 0.2) is 0 Å². The molecule has 8 nitrogen and oxygen atoms in total. The van der Waals surface area contributed by atoms with E-state index in [-0.39, 0.29) is 0 Å². The molecule has 26 heavy (non-hydrogen) atoms. The standard InChI is InChI=1S/C18H23N5O3/c1-26-16-5-3-2-4-15(16)23(18(24)25)13-10-21-8-11-22(12-9-21)17-14-19-6-7-20-17/h2-7,14H,8-13H2,1H3,(H,24,25). The lowest BCUT2D eigenvalue weighted by atomic mass is 10.2. The average Bonchev–Trinajstić information content (AvgIpc) is 2.69. The minimum atomic E-state index is -0.979. The third kappa shape index (κ3) is 4.20. The highest BCUT2D eigenvalue weighted by Crippen LogP contribution is 2.27. The molecule has 0 atom stereocenters. The number of hydrogen-bond acceptors (Lipinski definition) is 6. The molecule has 1 N–H and O–H groups in total. The summed E-state index contributed by atoms with van der Waals surface area (Å²) in [7, 11) is 1.55. The summed E-state index contributed by atoms with van der Waals surface area (Å²) in [5.74, 6) is 1.44. The van der Waals surface area contributed by atoms with Gasteiger partial charge in [0.05, 0.1) is 19.0 Å². The molecule has 1 amide bonds. The number of nitrogens with zero attached hydrogens (tertiary/aromatic N) is 5. The highest BCUT2D eigenvalue weighted by atomic mass is 16.5. The zero-order chi connectivity index (χ0) is 18.4. The van der Waals surface area contributed by atoms with Crippen molar-refractivity contribution < 1.29 is 14.6 Å². The van der Waals surface area contributed by atoms with Crippen LogP contribution in [-0.2, 0) is 0 Å². The molecular weight excluding hydrogens is 334 g/mol. The predicted octanol–water partition coefficient (Wildman–Crippen LogP) is 1.79. The minimum Gasteiger partial charge on any atom is -0.495 e. The Bertz CT molecular complexity index is 720. The number of para-hydroxylation sites is 2. The first-order valence-electron chi connectivity index (χ1n) is 8.56. The third-order valence-corrected chi connectivity index (χ3v) is 4.49. The molecule has 1 aromatic carbocycles. The quantitative estimate of drug-likeness (QED) is 0.844. The first-order valence-corrected chi connectivity index (χ1v) is 8.56. The van der Waals surface area contributed by atoms with Gasteiger partial charge in [0.1, 0.15) is 11.6 Å². The number of carboxylic acid groups (broad SMARTS) is 1. The SMILES string of the molecule is COc1ccccc1N(CCN1CCN(c2cnccn2)CC1)C(=O)O. The first-order chi connectivity index (χ1) is 12.7.